The molecular weight excluding hydrogens is 257 g/mol. The summed E-state index contributed by atoms with van der Waals surface area (Å²) in [5.74, 6) is -0.551. The summed E-state index contributed by atoms with van der Waals surface area (Å²) in [6, 6.07) is 5.67. The van der Waals surface area contributed by atoms with E-state index in [0.29, 0.717) is 25.1 Å². The smallest absolute Gasteiger partial charge is 0.142 e. The Labute approximate surface area is 109 Å². The van der Waals surface area contributed by atoms with E-state index in [-0.39, 0.29) is 5.02 Å². The van der Waals surface area contributed by atoms with Crippen LogP contribution in [0.4, 0.5) is 4.39 Å². The Morgan fingerprint density at radius 2 is 2.39 bits per heavy atom. The molecule has 1 aromatic carbocycles. The minimum absolute atomic E-state index is 0.0267. The zero-order valence-corrected chi connectivity index (χ0v) is 10.2. The molecule has 0 radical (unpaired) electrons. The molecule has 1 unspecified atom stereocenters. The highest BCUT2D eigenvalue weighted by atomic mass is 35.5. The maximum Gasteiger partial charge on any atom is 0.142 e. The molecule has 0 aliphatic heterocycles. The Morgan fingerprint density at radius 1 is 1.61 bits per heavy atom. The summed E-state index contributed by atoms with van der Waals surface area (Å²) in [6.45, 7) is 0.859. The van der Waals surface area contributed by atoms with Crippen LogP contribution >= 0.6 is 11.6 Å². The van der Waals surface area contributed by atoms with E-state index in [1.54, 1.807) is 6.07 Å². The lowest BCUT2D eigenvalue weighted by Crippen LogP contribution is -2.21. The number of azide groups is 1. The number of benzene rings is 1. The van der Waals surface area contributed by atoms with Crippen LogP contribution in [0.25, 0.3) is 10.4 Å². The second kappa shape index (κ2) is 7.51. The van der Waals surface area contributed by atoms with Gasteiger partial charge in [-0.3, -0.25) is 5.32 Å². The summed E-state index contributed by atoms with van der Waals surface area (Å²) in [7, 11) is 0. The molecule has 18 heavy (non-hydrogen) atoms. The van der Waals surface area contributed by atoms with Gasteiger partial charge in [-0.25, -0.2) is 4.39 Å². The molecule has 0 bridgehead atoms. The van der Waals surface area contributed by atoms with Crippen LogP contribution in [0.5, 0.6) is 0 Å². The van der Waals surface area contributed by atoms with Crippen molar-refractivity contribution in [3.63, 3.8) is 0 Å². The van der Waals surface area contributed by atoms with E-state index in [0.717, 1.165) is 0 Å². The maximum absolute atomic E-state index is 13.2. The molecule has 94 valence electrons. The number of halogens is 2. The molecule has 7 heteroatoms. The number of nitrogens with zero attached hydrogens (tertiary/aromatic N) is 4. The summed E-state index contributed by atoms with van der Waals surface area (Å²) < 4.78 is 13.2. The van der Waals surface area contributed by atoms with Gasteiger partial charge in [-0.05, 0) is 36.2 Å². The first-order valence-electron chi connectivity index (χ1n) is 5.28. The first-order chi connectivity index (χ1) is 8.69. The van der Waals surface area contributed by atoms with Gasteiger partial charge in [0.15, 0.2) is 0 Å². The van der Waals surface area contributed by atoms with Crippen molar-refractivity contribution in [3.05, 3.63) is 45.0 Å². The van der Waals surface area contributed by atoms with Crippen molar-refractivity contribution in [1.82, 2.24) is 5.32 Å². The molecule has 0 spiro atoms. The molecule has 0 saturated carbocycles. The van der Waals surface area contributed by atoms with Gasteiger partial charge in [0.25, 0.3) is 0 Å². The van der Waals surface area contributed by atoms with Crippen LogP contribution in [-0.4, -0.2) is 13.1 Å². The number of rotatable bonds is 6. The van der Waals surface area contributed by atoms with Gasteiger partial charge in [-0.2, -0.15) is 5.26 Å². The van der Waals surface area contributed by atoms with Crippen LogP contribution in [0.2, 0.25) is 5.02 Å². The van der Waals surface area contributed by atoms with Crippen molar-refractivity contribution >= 4 is 11.6 Å². The van der Waals surface area contributed by atoms with Gasteiger partial charge >= 0.3 is 0 Å². The topological polar surface area (TPSA) is 84.6 Å². The van der Waals surface area contributed by atoms with Crippen molar-refractivity contribution in [2.45, 2.75) is 12.5 Å². The van der Waals surface area contributed by atoms with Crippen molar-refractivity contribution in [2.24, 2.45) is 5.11 Å². The summed E-state index contributed by atoms with van der Waals surface area (Å²) in [5.41, 5.74) is 8.60. The lowest BCUT2D eigenvalue weighted by molar-refractivity contribution is 0.593. The standard InChI is InChI=1S/C11H11ClFN5/c12-9-3-2-8(6-10(9)13)11(7-14)16-4-1-5-17-18-15/h2-3,6,11,16H,1,4-5H2. The van der Waals surface area contributed by atoms with Gasteiger partial charge in [0, 0.05) is 11.5 Å². The number of hydrogen-bond donors (Lipinski definition) is 1. The maximum atomic E-state index is 13.2. The number of nitriles is 1. The van der Waals surface area contributed by atoms with E-state index in [9.17, 15) is 4.39 Å². The molecule has 0 saturated heterocycles. The van der Waals surface area contributed by atoms with Gasteiger partial charge in [0.1, 0.15) is 11.9 Å². The zero-order chi connectivity index (χ0) is 13.4. The van der Waals surface area contributed by atoms with Crippen LogP contribution < -0.4 is 5.32 Å². The van der Waals surface area contributed by atoms with Gasteiger partial charge in [0.2, 0.25) is 0 Å². The van der Waals surface area contributed by atoms with E-state index in [2.05, 4.69) is 15.3 Å². The van der Waals surface area contributed by atoms with Crippen molar-refractivity contribution in [1.29, 1.82) is 5.26 Å². The van der Waals surface area contributed by atoms with Crippen LogP contribution in [0.1, 0.15) is 18.0 Å². The van der Waals surface area contributed by atoms with Gasteiger partial charge in [-0.15, -0.1) is 0 Å². The summed E-state index contributed by atoms with van der Waals surface area (Å²) in [5, 5.41) is 15.3. The quantitative estimate of drug-likeness (QED) is 0.371. The fourth-order valence-electron chi connectivity index (χ4n) is 1.37. The second-order valence-electron chi connectivity index (χ2n) is 3.50. The third-order valence-corrected chi connectivity index (χ3v) is 2.56. The van der Waals surface area contributed by atoms with Crippen molar-refractivity contribution in [3.8, 4) is 6.07 Å². The van der Waals surface area contributed by atoms with E-state index in [4.69, 9.17) is 22.4 Å². The van der Waals surface area contributed by atoms with Crippen LogP contribution in [0.15, 0.2) is 23.3 Å². The Kier molecular flexibility index (Phi) is 5.95. The van der Waals surface area contributed by atoms with E-state index in [1.807, 2.05) is 6.07 Å². The Morgan fingerprint density at radius 3 is 3.00 bits per heavy atom. The largest absolute Gasteiger partial charge is 0.298 e. The van der Waals surface area contributed by atoms with E-state index in [1.165, 1.54) is 12.1 Å². The lowest BCUT2D eigenvalue weighted by atomic mass is 10.1. The van der Waals surface area contributed by atoms with Crippen LogP contribution in [0.3, 0.4) is 0 Å². The monoisotopic (exact) mass is 267 g/mol. The zero-order valence-electron chi connectivity index (χ0n) is 9.48. The third kappa shape index (κ3) is 4.22. The molecule has 0 aliphatic carbocycles. The predicted octanol–water partition coefficient (Wildman–Crippen LogP) is 3.33. The molecule has 0 heterocycles. The van der Waals surface area contributed by atoms with E-state index < -0.39 is 11.9 Å². The molecule has 1 aromatic rings. The van der Waals surface area contributed by atoms with E-state index >= 15 is 0 Å². The minimum atomic E-state index is -0.608. The Hall–Kier alpha value is -1.80. The Bertz CT molecular complexity index is 493. The fraction of sp³-hybridized carbons (Fsp3) is 0.364. The number of nitrogens with one attached hydrogen (secondary N) is 1. The molecule has 5 nitrogen and oxygen atoms in total. The normalized spacial score (nSPS) is 11.4. The average Bonchev–Trinajstić information content (AvgIpc) is 2.37. The van der Waals surface area contributed by atoms with Gasteiger partial charge < -0.3 is 0 Å². The summed E-state index contributed by atoms with van der Waals surface area (Å²) >= 11 is 5.57. The molecule has 0 aliphatic rings. The highest BCUT2D eigenvalue weighted by molar-refractivity contribution is 6.30. The van der Waals surface area contributed by atoms with Crippen molar-refractivity contribution < 1.29 is 4.39 Å². The second-order valence-corrected chi connectivity index (χ2v) is 3.91. The fourth-order valence-corrected chi connectivity index (χ4v) is 1.49. The lowest BCUT2D eigenvalue weighted by Gasteiger charge is -2.11. The molecular formula is C11H11ClFN5. The Balaban J connectivity index is 2.58. The SMILES string of the molecule is N#CC(NCCCN=[N+]=[N-])c1ccc(Cl)c(F)c1. The first kappa shape index (κ1) is 14.3. The van der Waals surface area contributed by atoms with Crippen molar-refractivity contribution in [2.75, 3.05) is 13.1 Å². The highest BCUT2D eigenvalue weighted by Gasteiger charge is 2.11. The molecule has 1 atom stereocenters. The van der Waals surface area contributed by atoms with Crippen LogP contribution in [0, 0.1) is 17.1 Å². The van der Waals surface area contributed by atoms with Gasteiger partial charge in [0.05, 0.1) is 11.1 Å². The first-order valence-corrected chi connectivity index (χ1v) is 5.65. The average molecular weight is 268 g/mol. The van der Waals surface area contributed by atoms with Crippen LogP contribution in [-0.2, 0) is 0 Å². The minimum Gasteiger partial charge on any atom is -0.298 e. The van der Waals surface area contributed by atoms with Gasteiger partial charge in [-0.1, -0.05) is 22.8 Å². The number of hydrogen-bond acceptors (Lipinski definition) is 3. The summed E-state index contributed by atoms with van der Waals surface area (Å²) in [6.07, 6.45) is 0.609. The molecule has 0 amide bonds. The molecule has 0 fully saturated rings. The predicted molar refractivity (Wildman–Crippen MR) is 66.4 cm³/mol. The third-order valence-electron chi connectivity index (χ3n) is 2.25. The highest BCUT2D eigenvalue weighted by Crippen LogP contribution is 2.19. The summed E-state index contributed by atoms with van der Waals surface area (Å²) in [4.78, 5) is 2.62. The molecule has 1 N–H and O–H groups in total. The molecule has 0 aromatic heterocycles. The molecule has 1 rings (SSSR count).